The predicted molar refractivity (Wildman–Crippen MR) is 129 cm³/mol. The second-order valence-corrected chi connectivity index (χ2v) is 10.7. The molecule has 0 N–H and O–H groups in total. The Morgan fingerprint density at radius 1 is 1.11 bits per heavy atom. The Balaban J connectivity index is 1.78. The number of methoxy groups -OCH3 is 3. The number of rotatable bonds is 8. The molecule has 188 valence electrons. The van der Waals surface area contributed by atoms with Gasteiger partial charge in [-0.2, -0.15) is 9.30 Å². The van der Waals surface area contributed by atoms with E-state index < -0.39 is 27.8 Å². The minimum atomic E-state index is -3.99. The van der Waals surface area contributed by atoms with Crippen molar-refractivity contribution in [2.24, 2.45) is 4.99 Å². The number of ether oxygens (including phenoxy) is 3. The molecule has 0 spiro atoms. The molecule has 4 rings (SSSR count). The van der Waals surface area contributed by atoms with E-state index in [2.05, 4.69) is 4.99 Å². The molecule has 1 saturated heterocycles. The molecule has 1 fully saturated rings. The fourth-order valence-corrected chi connectivity index (χ4v) is 6.94. The monoisotopic (exact) mass is 523 g/mol. The molecule has 2 aromatic carbocycles. The molecule has 1 atom stereocenters. The number of hydrogen-bond donors (Lipinski definition) is 0. The Morgan fingerprint density at radius 3 is 2.46 bits per heavy atom. The van der Waals surface area contributed by atoms with E-state index in [0.29, 0.717) is 47.8 Å². The van der Waals surface area contributed by atoms with Gasteiger partial charge in [0.1, 0.15) is 33.6 Å². The van der Waals surface area contributed by atoms with Gasteiger partial charge >= 0.3 is 0 Å². The van der Waals surface area contributed by atoms with Crippen molar-refractivity contribution in [2.75, 3.05) is 34.5 Å². The van der Waals surface area contributed by atoms with E-state index >= 15 is 0 Å². The Kier molecular flexibility index (Phi) is 7.55. The van der Waals surface area contributed by atoms with Gasteiger partial charge in [-0.05, 0) is 49.2 Å². The Morgan fingerprint density at radius 2 is 1.80 bits per heavy atom. The molecule has 0 aliphatic carbocycles. The summed E-state index contributed by atoms with van der Waals surface area (Å²) in [5.74, 6) is 0.0868. The molecule has 0 radical (unpaired) electrons. The molecule has 1 aliphatic heterocycles. The fraction of sp³-hybridized carbons (Fsp3) is 0.391. The van der Waals surface area contributed by atoms with Crippen LogP contribution in [0.4, 0.5) is 4.39 Å². The van der Waals surface area contributed by atoms with E-state index in [1.165, 1.54) is 23.5 Å². The van der Waals surface area contributed by atoms with Crippen LogP contribution in [0.15, 0.2) is 46.3 Å². The maximum Gasteiger partial charge on any atom is 0.266 e. The summed E-state index contributed by atoms with van der Waals surface area (Å²) < 4.78 is 59.7. The van der Waals surface area contributed by atoms with Crippen LogP contribution >= 0.6 is 11.3 Å². The van der Waals surface area contributed by atoms with Crippen molar-refractivity contribution in [3.05, 3.63) is 47.0 Å². The zero-order chi connectivity index (χ0) is 25.2. The maximum absolute atomic E-state index is 13.3. The largest absolute Gasteiger partial charge is 0.495 e. The van der Waals surface area contributed by atoms with Crippen LogP contribution in [0.25, 0.3) is 10.2 Å². The van der Waals surface area contributed by atoms with Crippen molar-refractivity contribution in [2.45, 2.75) is 30.3 Å². The first-order chi connectivity index (χ1) is 16.8. The highest BCUT2D eigenvalue weighted by molar-refractivity contribution is 7.89. The molecule has 9 nitrogen and oxygen atoms in total. The second-order valence-electron chi connectivity index (χ2n) is 7.85. The van der Waals surface area contributed by atoms with Crippen molar-refractivity contribution < 1.29 is 31.8 Å². The quantitative estimate of drug-likeness (QED) is 0.450. The lowest BCUT2D eigenvalue weighted by Crippen LogP contribution is -2.40. The predicted octanol–water partition coefficient (Wildman–Crippen LogP) is 2.79. The molecule has 0 saturated carbocycles. The number of thiazole rings is 1. The van der Waals surface area contributed by atoms with Gasteiger partial charge in [0.2, 0.25) is 10.0 Å². The number of fused-ring (bicyclic) bond motifs is 1. The van der Waals surface area contributed by atoms with E-state index in [9.17, 15) is 17.6 Å². The van der Waals surface area contributed by atoms with Gasteiger partial charge in [0, 0.05) is 20.2 Å². The summed E-state index contributed by atoms with van der Waals surface area (Å²) in [6, 6.07) is 7.17. The van der Waals surface area contributed by atoms with Gasteiger partial charge in [0.25, 0.3) is 5.91 Å². The van der Waals surface area contributed by atoms with Crippen LogP contribution in [0.2, 0.25) is 0 Å². The van der Waals surface area contributed by atoms with Crippen LogP contribution in [0.5, 0.6) is 11.5 Å². The summed E-state index contributed by atoms with van der Waals surface area (Å²) in [6.45, 7) is 0.944. The lowest BCUT2D eigenvalue weighted by Gasteiger charge is -2.21. The first-order valence-corrected chi connectivity index (χ1v) is 13.2. The molecule has 12 heteroatoms. The average Bonchev–Trinajstić information content (AvgIpc) is 3.48. The first kappa shape index (κ1) is 25.3. The van der Waals surface area contributed by atoms with Crippen LogP contribution in [0.3, 0.4) is 0 Å². The highest BCUT2D eigenvalue weighted by Crippen LogP contribution is 2.35. The first-order valence-electron chi connectivity index (χ1n) is 10.9. The van der Waals surface area contributed by atoms with Gasteiger partial charge in [0.15, 0.2) is 4.80 Å². The molecular weight excluding hydrogens is 497 g/mol. The number of amides is 1. The molecule has 1 aromatic heterocycles. The molecule has 1 unspecified atom stereocenters. The molecule has 1 aliphatic rings. The molecule has 1 amide bonds. The van der Waals surface area contributed by atoms with Crippen molar-refractivity contribution in [1.82, 2.24) is 8.87 Å². The van der Waals surface area contributed by atoms with Crippen molar-refractivity contribution >= 4 is 37.5 Å². The summed E-state index contributed by atoms with van der Waals surface area (Å²) in [5, 5.41) is 0. The third-order valence-electron chi connectivity index (χ3n) is 5.83. The van der Waals surface area contributed by atoms with Gasteiger partial charge in [-0.1, -0.05) is 11.3 Å². The number of carbonyl (C=O) groups excluding carboxylic acids is 1. The molecule has 0 bridgehead atoms. The summed E-state index contributed by atoms with van der Waals surface area (Å²) in [4.78, 5) is 18.0. The SMILES string of the molecule is COCCn1c(=NC(=O)C2CCCN2S(=O)(=O)c2ccc(F)cc2)sc2c(OC)ccc(OC)c21. The smallest absolute Gasteiger partial charge is 0.266 e. The van der Waals surface area contributed by atoms with Crippen LogP contribution in [-0.4, -0.2) is 63.7 Å². The Hall–Kier alpha value is -2.80. The van der Waals surface area contributed by atoms with Gasteiger partial charge < -0.3 is 18.8 Å². The summed E-state index contributed by atoms with van der Waals surface area (Å²) in [6.07, 6.45) is 0.864. The zero-order valence-electron chi connectivity index (χ0n) is 19.6. The number of carbonyl (C=O) groups is 1. The van der Waals surface area contributed by atoms with E-state index in [-0.39, 0.29) is 11.4 Å². The normalized spacial score (nSPS) is 17.3. The third-order valence-corrected chi connectivity index (χ3v) is 8.84. The number of nitrogens with zero attached hydrogens (tertiary/aromatic N) is 3. The van der Waals surface area contributed by atoms with E-state index in [1.807, 2.05) is 4.57 Å². The number of halogens is 1. The lowest BCUT2D eigenvalue weighted by atomic mass is 10.2. The molecule has 3 aromatic rings. The van der Waals surface area contributed by atoms with Gasteiger partial charge in [0.05, 0.1) is 25.7 Å². The summed E-state index contributed by atoms with van der Waals surface area (Å²) in [7, 11) is 0.694. The number of benzene rings is 2. The molecule has 2 heterocycles. The van der Waals surface area contributed by atoms with Gasteiger partial charge in [-0.25, -0.2) is 12.8 Å². The summed E-state index contributed by atoms with van der Waals surface area (Å²) in [5.41, 5.74) is 0.711. The van der Waals surface area contributed by atoms with Gasteiger partial charge in [-0.3, -0.25) is 4.79 Å². The second kappa shape index (κ2) is 10.4. The minimum Gasteiger partial charge on any atom is -0.495 e. The van der Waals surface area contributed by atoms with Crippen LogP contribution in [0, 0.1) is 5.82 Å². The number of hydrogen-bond acceptors (Lipinski definition) is 7. The summed E-state index contributed by atoms with van der Waals surface area (Å²) >= 11 is 1.25. The Bertz CT molecular complexity index is 1400. The maximum atomic E-state index is 13.3. The van der Waals surface area contributed by atoms with E-state index in [1.54, 1.807) is 33.5 Å². The van der Waals surface area contributed by atoms with Crippen LogP contribution in [-0.2, 0) is 26.1 Å². The Labute approximate surface area is 206 Å². The fourth-order valence-electron chi connectivity index (χ4n) is 4.11. The number of aromatic nitrogens is 1. The highest BCUT2D eigenvalue weighted by Gasteiger charge is 2.39. The molecular formula is C23H26FN3O6S2. The molecule has 35 heavy (non-hydrogen) atoms. The van der Waals surface area contributed by atoms with Crippen molar-refractivity contribution in [1.29, 1.82) is 0 Å². The van der Waals surface area contributed by atoms with E-state index in [0.717, 1.165) is 21.1 Å². The lowest BCUT2D eigenvalue weighted by molar-refractivity contribution is -0.121. The van der Waals surface area contributed by atoms with Crippen LogP contribution in [0.1, 0.15) is 12.8 Å². The average molecular weight is 524 g/mol. The standard InChI is InChI=1S/C23H26FN3O6S2/c1-31-14-13-26-20-18(32-2)10-11-19(33-3)21(20)34-23(26)25-22(28)17-5-4-12-27(17)35(29,30)16-8-6-15(24)7-9-16/h6-11,17H,4-5,12-14H2,1-3H3. The number of sulfonamides is 1. The topological polar surface area (TPSA) is 99.4 Å². The van der Waals surface area contributed by atoms with Gasteiger partial charge in [-0.15, -0.1) is 0 Å². The zero-order valence-corrected chi connectivity index (χ0v) is 21.2. The minimum absolute atomic E-state index is 0.0647. The van der Waals surface area contributed by atoms with Crippen molar-refractivity contribution in [3.8, 4) is 11.5 Å². The highest BCUT2D eigenvalue weighted by atomic mass is 32.2. The third kappa shape index (κ3) is 4.83. The van der Waals surface area contributed by atoms with E-state index in [4.69, 9.17) is 14.2 Å². The van der Waals surface area contributed by atoms with Crippen LogP contribution < -0.4 is 14.3 Å². The van der Waals surface area contributed by atoms with Crippen molar-refractivity contribution in [3.63, 3.8) is 0 Å².